The van der Waals surface area contributed by atoms with Crippen LogP contribution in [0.5, 0.6) is 0 Å². The van der Waals surface area contributed by atoms with Gasteiger partial charge in [-0.15, -0.1) is 0 Å². The number of hydrogen-bond donors (Lipinski definition) is 1. The van der Waals surface area contributed by atoms with Gasteiger partial charge in [0, 0.05) is 11.3 Å². The average molecular weight is 378 g/mol. The molecular formula is C24H27FN2O. The van der Waals surface area contributed by atoms with E-state index in [0.29, 0.717) is 23.0 Å². The molecule has 3 aromatic rings. The molecule has 0 bridgehead atoms. The fourth-order valence-electron chi connectivity index (χ4n) is 3.58. The van der Waals surface area contributed by atoms with Crippen molar-refractivity contribution in [2.75, 3.05) is 5.32 Å². The Balaban J connectivity index is 1.87. The third-order valence-corrected chi connectivity index (χ3v) is 4.93. The summed E-state index contributed by atoms with van der Waals surface area (Å²) in [7, 11) is 0. The van der Waals surface area contributed by atoms with E-state index in [1.165, 1.54) is 6.07 Å². The highest BCUT2D eigenvalue weighted by molar-refractivity contribution is 5.96. The highest BCUT2D eigenvalue weighted by Crippen LogP contribution is 2.29. The molecule has 3 rings (SSSR count). The SMILES string of the molecule is Cc1c(NC(=O)C(Cc2ccccc2)CC(C)(C)C)cnc2c(F)cccc12. The Morgan fingerprint density at radius 2 is 1.82 bits per heavy atom. The first-order valence-corrected chi connectivity index (χ1v) is 9.63. The molecule has 146 valence electrons. The second-order valence-electron chi connectivity index (χ2n) is 8.57. The van der Waals surface area contributed by atoms with Crippen LogP contribution in [0.15, 0.2) is 54.7 Å². The number of nitrogens with zero attached hydrogens (tertiary/aromatic N) is 1. The smallest absolute Gasteiger partial charge is 0.227 e. The van der Waals surface area contributed by atoms with E-state index < -0.39 is 0 Å². The molecule has 4 heteroatoms. The summed E-state index contributed by atoms with van der Waals surface area (Å²) in [6, 6.07) is 14.9. The van der Waals surface area contributed by atoms with Crippen molar-refractivity contribution in [1.82, 2.24) is 4.98 Å². The van der Waals surface area contributed by atoms with Crippen LogP contribution in [0.25, 0.3) is 10.9 Å². The number of aryl methyl sites for hydroxylation is 1. The summed E-state index contributed by atoms with van der Waals surface area (Å²) in [5.41, 5.74) is 2.95. The first-order valence-electron chi connectivity index (χ1n) is 9.63. The lowest BCUT2D eigenvalue weighted by Crippen LogP contribution is -2.29. The van der Waals surface area contributed by atoms with Crippen molar-refractivity contribution in [1.29, 1.82) is 0 Å². The fourth-order valence-corrected chi connectivity index (χ4v) is 3.58. The number of benzene rings is 2. The Kier molecular flexibility index (Phi) is 5.78. The average Bonchev–Trinajstić information content (AvgIpc) is 2.64. The molecule has 0 saturated heterocycles. The van der Waals surface area contributed by atoms with E-state index >= 15 is 0 Å². The lowest BCUT2D eigenvalue weighted by molar-refractivity contribution is -0.120. The molecule has 1 aromatic heterocycles. The summed E-state index contributed by atoms with van der Waals surface area (Å²) in [4.78, 5) is 17.4. The van der Waals surface area contributed by atoms with Gasteiger partial charge in [-0.2, -0.15) is 0 Å². The Morgan fingerprint density at radius 1 is 1.11 bits per heavy atom. The summed E-state index contributed by atoms with van der Waals surface area (Å²) in [5, 5.41) is 3.76. The quantitative estimate of drug-likeness (QED) is 0.599. The van der Waals surface area contributed by atoms with E-state index in [1.54, 1.807) is 12.3 Å². The van der Waals surface area contributed by atoms with Gasteiger partial charge in [-0.05, 0) is 42.4 Å². The highest BCUT2D eigenvalue weighted by Gasteiger charge is 2.26. The topological polar surface area (TPSA) is 42.0 Å². The Morgan fingerprint density at radius 3 is 2.50 bits per heavy atom. The van der Waals surface area contributed by atoms with Crippen LogP contribution in [0.4, 0.5) is 10.1 Å². The second-order valence-corrected chi connectivity index (χ2v) is 8.57. The first kappa shape index (κ1) is 20.0. The van der Waals surface area contributed by atoms with Crippen LogP contribution in [0.1, 0.15) is 38.3 Å². The number of pyridine rings is 1. The molecule has 1 heterocycles. The standard InChI is InChI=1S/C24H27FN2O/c1-16-19-11-8-12-20(25)22(19)26-15-21(16)27-23(28)18(14-24(2,3)4)13-17-9-6-5-7-10-17/h5-12,15,18H,13-14H2,1-4H3,(H,27,28). The molecule has 0 spiro atoms. The number of halogens is 1. The third-order valence-electron chi connectivity index (χ3n) is 4.93. The lowest BCUT2D eigenvalue weighted by atomic mass is 9.81. The monoisotopic (exact) mass is 378 g/mol. The number of amides is 1. The van der Waals surface area contributed by atoms with E-state index in [4.69, 9.17) is 0 Å². The molecule has 0 aliphatic carbocycles. The summed E-state index contributed by atoms with van der Waals surface area (Å²) < 4.78 is 14.0. The van der Waals surface area contributed by atoms with Gasteiger partial charge in [0.15, 0.2) is 0 Å². The number of nitrogens with one attached hydrogen (secondary N) is 1. The largest absolute Gasteiger partial charge is 0.324 e. The summed E-state index contributed by atoms with van der Waals surface area (Å²) in [6.07, 6.45) is 3.00. The lowest BCUT2D eigenvalue weighted by Gasteiger charge is -2.26. The number of fused-ring (bicyclic) bond motifs is 1. The minimum Gasteiger partial charge on any atom is -0.324 e. The zero-order chi connectivity index (χ0) is 20.3. The van der Waals surface area contributed by atoms with Crippen molar-refractivity contribution >= 4 is 22.5 Å². The maximum atomic E-state index is 14.0. The van der Waals surface area contributed by atoms with E-state index in [2.05, 4.69) is 43.2 Å². The molecule has 3 nitrogen and oxygen atoms in total. The van der Waals surface area contributed by atoms with Crippen molar-refractivity contribution in [3.05, 3.63) is 71.7 Å². The number of para-hydroxylation sites is 1. The van der Waals surface area contributed by atoms with Crippen LogP contribution >= 0.6 is 0 Å². The molecule has 1 atom stereocenters. The van der Waals surface area contributed by atoms with Gasteiger partial charge in [0.1, 0.15) is 11.3 Å². The van der Waals surface area contributed by atoms with E-state index in [0.717, 1.165) is 17.5 Å². The molecule has 0 saturated carbocycles. The molecular weight excluding hydrogens is 351 g/mol. The van der Waals surface area contributed by atoms with Crippen molar-refractivity contribution in [2.45, 2.75) is 40.5 Å². The van der Waals surface area contributed by atoms with Crippen molar-refractivity contribution in [2.24, 2.45) is 11.3 Å². The number of anilines is 1. The minimum absolute atomic E-state index is 0.0244. The molecule has 1 N–H and O–H groups in total. The van der Waals surface area contributed by atoms with Crippen molar-refractivity contribution in [3.8, 4) is 0 Å². The number of carbonyl (C=O) groups is 1. The predicted octanol–water partition coefficient (Wildman–Crippen LogP) is 5.92. The highest BCUT2D eigenvalue weighted by atomic mass is 19.1. The predicted molar refractivity (Wildman–Crippen MR) is 113 cm³/mol. The number of hydrogen-bond acceptors (Lipinski definition) is 2. The summed E-state index contributed by atoms with van der Waals surface area (Å²) in [6.45, 7) is 8.31. The van der Waals surface area contributed by atoms with Crippen LogP contribution < -0.4 is 5.32 Å². The normalized spacial score (nSPS) is 12.8. The molecule has 0 aliphatic rings. The van der Waals surface area contributed by atoms with Crippen LogP contribution in [-0.2, 0) is 11.2 Å². The molecule has 0 aliphatic heterocycles. The van der Waals surface area contributed by atoms with E-state index in [-0.39, 0.29) is 23.1 Å². The number of rotatable bonds is 5. The fraction of sp³-hybridized carbons (Fsp3) is 0.333. The van der Waals surface area contributed by atoms with Crippen LogP contribution in [-0.4, -0.2) is 10.9 Å². The van der Waals surface area contributed by atoms with Gasteiger partial charge in [0.05, 0.1) is 11.9 Å². The number of aromatic nitrogens is 1. The molecule has 1 amide bonds. The van der Waals surface area contributed by atoms with Crippen molar-refractivity contribution < 1.29 is 9.18 Å². The first-order chi connectivity index (χ1) is 13.2. The second kappa shape index (κ2) is 8.09. The third kappa shape index (κ3) is 4.75. The van der Waals surface area contributed by atoms with Gasteiger partial charge >= 0.3 is 0 Å². The van der Waals surface area contributed by atoms with E-state index in [9.17, 15) is 9.18 Å². The molecule has 0 fully saturated rings. The van der Waals surface area contributed by atoms with Gasteiger partial charge in [0.2, 0.25) is 5.91 Å². The van der Waals surface area contributed by atoms with Gasteiger partial charge in [-0.1, -0.05) is 63.2 Å². The van der Waals surface area contributed by atoms with Crippen molar-refractivity contribution in [3.63, 3.8) is 0 Å². The zero-order valence-electron chi connectivity index (χ0n) is 16.9. The van der Waals surface area contributed by atoms with Crippen LogP contribution in [0.2, 0.25) is 0 Å². The van der Waals surface area contributed by atoms with Crippen LogP contribution in [0.3, 0.4) is 0 Å². The van der Waals surface area contributed by atoms with Crippen LogP contribution in [0, 0.1) is 24.1 Å². The van der Waals surface area contributed by atoms with Gasteiger partial charge in [0.25, 0.3) is 0 Å². The molecule has 1 unspecified atom stereocenters. The Labute approximate surface area is 166 Å². The Hall–Kier alpha value is -2.75. The van der Waals surface area contributed by atoms with Gasteiger partial charge in [-0.3, -0.25) is 9.78 Å². The number of carbonyl (C=O) groups excluding carboxylic acids is 1. The summed E-state index contributed by atoms with van der Waals surface area (Å²) in [5.74, 6) is -0.544. The van der Waals surface area contributed by atoms with Gasteiger partial charge in [-0.25, -0.2) is 4.39 Å². The molecule has 0 radical (unpaired) electrons. The molecule has 28 heavy (non-hydrogen) atoms. The molecule has 2 aromatic carbocycles. The van der Waals surface area contributed by atoms with E-state index in [1.807, 2.05) is 31.2 Å². The summed E-state index contributed by atoms with van der Waals surface area (Å²) >= 11 is 0. The zero-order valence-corrected chi connectivity index (χ0v) is 16.9. The maximum absolute atomic E-state index is 14.0. The Bertz CT molecular complexity index is 977. The maximum Gasteiger partial charge on any atom is 0.227 e. The minimum atomic E-state index is -0.354. The van der Waals surface area contributed by atoms with Gasteiger partial charge < -0.3 is 5.32 Å².